The first-order valence-corrected chi connectivity index (χ1v) is 7.54. The van der Waals surface area contributed by atoms with Crippen LogP contribution in [-0.4, -0.2) is 27.1 Å². The van der Waals surface area contributed by atoms with Crippen molar-refractivity contribution in [2.75, 3.05) is 5.32 Å². The first-order chi connectivity index (χ1) is 10.7. The quantitative estimate of drug-likeness (QED) is 0.901. The third kappa shape index (κ3) is 3.60. The Hall–Kier alpha value is -2.44. The number of anilines is 2. The molecule has 0 radical (unpaired) electrons. The molecule has 1 fully saturated rings. The monoisotopic (exact) mass is 301 g/mol. The molecule has 0 atom stereocenters. The van der Waals surface area contributed by atoms with Gasteiger partial charge in [0.05, 0.1) is 0 Å². The smallest absolute Gasteiger partial charge is 0.270 e. The molecule has 2 aromatic heterocycles. The van der Waals surface area contributed by atoms with Crippen LogP contribution in [0.25, 0.3) is 0 Å². The fraction of sp³-hybridized carbons (Fsp3) is 0.467. The predicted octanol–water partition coefficient (Wildman–Crippen LogP) is 2.58. The van der Waals surface area contributed by atoms with Gasteiger partial charge in [0, 0.05) is 18.2 Å². The summed E-state index contributed by atoms with van der Waals surface area (Å²) in [6, 6.07) is 3.62. The van der Waals surface area contributed by atoms with Gasteiger partial charge in [0.2, 0.25) is 0 Å². The van der Waals surface area contributed by atoms with Crippen molar-refractivity contribution in [3.8, 4) is 0 Å². The second kappa shape index (κ2) is 6.55. The van der Waals surface area contributed by atoms with Gasteiger partial charge in [0.15, 0.2) is 5.82 Å². The van der Waals surface area contributed by atoms with E-state index in [-0.39, 0.29) is 11.9 Å². The number of amides is 1. The molecule has 1 aliphatic rings. The van der Waals surface area contributed by atoms with Crippen LogP contribution in [0.4, 0.5) is 11.6 Å². The number of nitrogens with one attached hydrogen (secondary N) is 2. The molecule has 0 aromatic carbocycles. The van der Waals surface area contributed by atoms with E-state index in [4.69, 9.17) is 4.52 Å². The van der Waals surface area contributed by atoms with Crippen LogP contribution in [-0.2, 0) is 0 Å². The Labute approximate surface area is 128 Å². The van der Waals surface area contributed by atoms with Gasteiger partial charge in [-0.3, -0.25) is 4.79 Å². The van der Waals surface area contributed by atoms with Crippen LogP contribution in [0.5, 0.6) is 0 Å². The zero-order chi connectivity index (χ0) is 15.4. The molecule has 1 aliphatic carbocycles. The first-order valence-electron chi connectivity index (χ1n) is 7.54. The minimum atomic E-state index is -0.159. The summed E-state index contributed by atoms with van der Waals surface area (Å²) in [4.78, 5) is 20.4. The second-order valence-electron chi connectivity index (χ2n) is 5.54. The largest absolute Gasteiger partial charge is 0.360 e. The van der Waals surface area contributed by atoms with Crippen LogP contribution in [0.2, 0.25) is 0 Å². The van der Waals surface area contributed by atoms with E-state index in [0.29, 0.717) is 23.1 Å². The molecule has 7 heteroatoms. The Kier molecular flexibility index (Phi) is 4.32. The fourth-order valence-corrected chi connectivity index (χ4v) is 2.61. The lowest BCUT2D eigenvalue weighted by Gasteiger charge is -2.22. The SMILES string of the molecule is Cc1cc(Nc2cc(C(=O)NC3CCCCC3)ncn2)no1. The molecule has 2 heterocycles. The summed E-state index contributed by atoms with van der Waals surface area (Å²) in [7, 11) is 0. The van der Waals surface area contributed by atoms with Gasteiger partial charge in [-0.1, -0.05) is 24.4 Å². The number of carbonyl (C=O) groups excluding carboxylic acids is 1. The van der Waals surface area contributed by atoms with Crippen molar-refractivity contribution in [3.63, 3.8) is 0 Å². The van der Waals surface area contributed by atoms with E-state index < -0.39 is 0 Å². The number of hydrogen-bond donors (Lipinski definition) is 2. The van der Waals surface area contributed by atoms with Crippen LogP contribution < -0.4 is 10.6 Å². The zero-order valence-corrected chi connectivity index (χ0v) is 12.5. The van der Waals surface area contributed by atoms with E-state index in [2.05, 4.69) is 25.8 Å². The van der Waals surface area contributed by atoms with Gasteiger partial charge in [-0.05, 0) is 19.8 Å². The van der Waals surface area contributed by atoms with Crippen LogP contribution in [0, 0.1) is 6.92 Å². The highest BCUT2D eigenvalue weighted by molar-refractivity contribution is 5.93. The van der Waals surface area contributed by atoms with E-state index in [1.807, 2.05) is 0 Å². The Bertz CT molecular complexity index is 649. The van der Waals surface area contributed by atoms with E-state index in [1.54, 1.807) is 19.1 Å². The minimum absolute atomic E-state index is 0.159. The lowest BCUT2D eigenvalue weighted by atomic mass is 9.95. The molecule has 7 nitrogen and oxygen atoms in total. The average molecular weight is 301 g/mol. The number of nitrogens with zero attached hydrogens (tertiary/aromatic N) is 3. The van der Waals surface area contributed by atoms with Gasteiger partial charge in [0.1, 0.15) is 23.6 Å². The third-order valence-corrected chi connectivity index (χ3v) is 3.72. The molecule has 3 rings (SSSR count). The second-order valence-corrected chi connectivity index (χ2v) is 5.54. The summed E-state index contributed by atoms with van der Waals surface area (Å²) >= 11 is 0. The average Bonchev–Trinajstić information content (AvgIpc) is 2.93. The zero-order valence-electron chi connectivity index (χ0n) is 12.5. The van der Waals surface area contributed by atoms with Crippen molar-refractivity contribution < 1.29 is 9.32 Å². The van der Waals surface area contributed by atoms with Crippen molar-refractivity contribution >= 4 is 17.5 Å². The van der Waals surface area contributed by atoms with Gasteiger partial charge < -0.3 is 15.2 Å². The maximum Gasteiger partial charge on any atom is 0.270 e. The normalized spacial score (nSPS) is 15.5. The molecule has 1 saturated carbocycles. The van der Waals surface area contributed by atoms with Crippen LogP contribution in [0.1, 0.15) is 48.4 Å². The fourth-order valence-electron chi connectivity index (χ4n) is 2.61. The maximum atomic E-state index is 12.3. The highest BCUT2D eigenvalue weighted by Crippen LogP contribution is 2.18. The van der Waals surface area contributed by atoms with Crippen LogP contribution in [0.3, 0.4) is 0 Å². The van der Waals surface area contributed by atoms with E-state index in [9.17, 15) is 4.79 Å². The number of hydrogen-bond acceptors (Lipinski definition) is 6. The van der Waals surface area contributed by atoms with Crippen molar-refractivity contribution in [3.05, 3.63) is 29.9 Å². The lowest BCUT2D eigenvalue weighted by molar-refractivity contribution is 0.0922. The Balaban J connectivity index is 1.66. The van der Waals surface area contributed by atoms with Gasteiger partial charge in [-0.2, -0.15) is 0 Å². The van der Waals surface area contributed by atoms with Gasteiger partial charge in [-0.25, -0.2) is 9.97 Å². The van der Waals surface area contributed by atoms with Crippen molar-refractivity contribution in [1.29, 1.82) is 0 Å². The highest BCUT2D eigenvalue weighted by Gasteiger charge is 2.17. The van der Waals surface area contributed by atoms with E-state index in [0.717, 1.165) is 12.8 Å². The standard InChI is InChI=1S/C15H19N5O2/c1-10-7-14(20-22-10)19-13-8-12(16-9-17-13)15(21)18-11-5-3-2-4-6-11/h7-9,11H,2-6H2,1H3,(H,18,21)(H,16,17,19,20). The van der Waals surface area contributed by atoms with Gasteiger partial charge >= 0.3 is 0 Å². The molecule has 2 aromatic rings. The molecule has 22 heavy (non-hydrogen) atoms. The van der Waals surface area contributed by atoms with Crippen molar-refractivity contribution in [2.24, 2.45) is 0 Å². The number of carbonyl (C=O) groups is 1. The number of rotatable bonds is 4. The van der Waals surface area contributed by atoms with Crippen LogP contribution >= 0.6 is 0 Å². The summed E-state index contributed by atoms with van der Waals surface area (Å²) < 4.78 is 4.98. The summed E-state index contributed by atoms with van der Waals surface area (Å²) in [5.41, 5.74) is 0.350. The van der Waals surface area contributed by atoms with Crippen molar-refractivity contribution in [2.45, 2.75) is 45.1 Å². The molecule has 2 N–H and O–H groups in total. The summed E-state index contributed by atoms with van der Waals surface area (Å²) in [6.45, 7) is 1.81. The van der Waals surface area contributed by atoms with E-state index in [1.165, 1.54) is 25.6 Å². The summed E-state index contributed by atoms with van der Waals surface area (Å²) in [5, 5.41) is 9.86. The number of aryl methyl sites for hydroxylation is 1. The topological polar surface area (TPSA) is 92.9 Å². The molecular weight excluding hydrogens is 282 g/mol. The Morgan fingerprint density at radius 2 is 2.00 bits per heavy atom. The van der Waals surface area contributed by atoms with Gasteiger partial charge in [0.25, 0.3) is 5.91 Å². The van der Waals surface area contributed by atoms with Crippen LogP contribution in [0.15, 0.2) is 23.0 Å². The maximum absolute atomic E-state index is 12.3. The molecule has 116 valence electrons. The molecule has 0 saturated heterocycles. The molecule has 0 spiro atoms. The molecular formula is C15H19N5O2. The van der Waals surface area contributed by atoms with Gasteiger partial charge in [-0.15, -0.1) is 0 Å². The predicted molar refractivity (Wildman–Crippen MR) is 80.9 cm³/mol. The highest BCUT2D eigenvalue weighted by atomic mass is 16.5. The molecule has 0 unspecified atom stereocenters. The Morgan fingerprint density at radius 1 is 1.18 bits per heavy atom. The number of aromatic nitrogens is 3. The minimum Gasteiger partial charge on any atom is -0.360 e. The lowest BCUT2D eigenvalue weighted by Crippen LogP contribution is -2.36. The molecule has 0 aliphatic heterocycles. The summed E-state index contributed by atoms with van der Waals surface area (Å²) in [6.07, 6.45) is 7.05. The van der Waals surface area contributed by atoms with E-state index >= 15 is 0 Å². The third-order valence-electron chi connectivity index (χ3n) is 3.72. The van der Waals surface area contributed by atoms with Crippen molar-refractivity contribution in [1.82, 2.24) is 20.4 Å². The Morgan fingerprint density at radius 3 is 2.73 bits per heavy atom. The molecule has 1 amide bonds. The molecule has 0 bridgehead atoms. The summed E-state index contributed by atoms with van der Waals surface area (Å²) in [5.74, 6) is 1.60. The first kappa shape index (κ1) is 14.5.